The minimum atomic E-state index is -0.917. The summed E-state index contributed by atoms with van der Waals surface area (Å²) in [5.74, 6) is 0. The molecule has 0 spiro atoms. The Kier molecular flexibility index (Phi) is 3.65. The van der Waals surface area contributed by atoms with Crippen LogP contribution in [0.4, 0.5) is 0 Å². The SMILES string of the molecule is [O-][N+](O)(C1CCCCC1)C1CCCCC1. The third kappa shape index (κ3) is 2.52. The Labute approximate surface area is 92.2 Å². The van der Waals surface area contributed by atoms with Crippen molar-refractivity contribution in [1.29, 1.82) is 0 Å². The summed E-state index contributed by atoms with van der Waals surface area (Å²) >= 11 is 0. The molecule has 0 aromatic rings. The number of hydrogen-bond acceptors (Lipinski definition) is 2. The summed E-state index contributed by atoms with van der Waals surface area (Å²) in [5.41, 5.74) is 0. The zero-order valence-corrected chi connectivity index (χ0v) is 9.53. The lowest BCUT2D eigenvalue weighted by molar-refractivity contribution is -1.10. The highest BCUT2D eigenvalue weighted by atomic mass is 16.8. The summed E-state index contributed by atoms with van der Waals surface area (Å²) in [5, 5.41) is 22.5. The van der Waals surface area contributed by atoms with Gasteiger partial charge in [0.15, 0.2) is 0 Å². The lowest BCUT2D eigenvalue weighted by Crippen LogP contribution is -2.56. The van der Waals surface area contributed by atoms with Crippen molar-refractivity contribution in [2.45, 2.75) is 76.3 Å². The van der Waals surface area contributed by atoms with Gasteiger partial charge in [-0.25, -0.2) is 10.0 Å². The van der Waals surface area contributed by atoms with E-state index in [0.717, 1.165) is 51.4 Å². The highest BCUT2D eigenvalue weighted by molar-refractivity contribution is 4.72. The molecule has 3 heteroatoms. The van der Waals surface area contributed by atoms with Gasteiger partial charge in [-0.2, -0.15) is 0 Å². The summed E-state index contributed by atoms with van der Waals surface area (Å²) in [6.07, 6.45) is 10.7. The van der Waals surface area contributed by atoms with Crippen LogP contribution >= 0.6 is 0 Å². The molecule has 88 valence electrons. The number of rotatable bonds is 2. The highest BCUT2D eigenvalue weighted by Crippen LogP contribution is 2.33. The van der Waals surface area contributed by atoms with E-state index in [2.05, 4.69) is 0 Å². The van der Waals surface area contributed by atoms with Gasteiger partial charge in [-0.3, -0.25) is 0 Å². The number of nitrogens with zero attached hydrogens (tertiary/aromatic N) is 1. The van der Waals surface area contributed by atoms with Gasteiger partial charge < -0.3 is 5.21 Å². The van der Waals surface area contributed by atoms with Crippen LogP contribution in [0.2, 0.25) is 0 Å². The normalized spacial score (nSPS) is 26.8. The molecule has 0 amide bonds. The molecule has 2 rings (SSSR count). The minimum Gasteiger partial charge on any atom is -0.598 e. The van der Waals surface area contributed by atoms with E-state index in [1.54, 1.807) is 0 Å². The van der Waals surface area contributed by atoms with Crippen molar-refractivity contribution < 1.29 is 10.0 Å². The van der Waals surface area contributed by atoms with E-state index in [9.17, 15) is 10.4 Å². The maximum atomic E-state index is 12.3. The van der Waals surface area contributed by atoms with Crippen molar-refractivity contribution in [2.75, 3.05) is 0 Å². The average molecular weight is 213 g/mol. The molecule has 2 aliphatic rings. The topological polar surface area (TPSA) is 43.3 Å². The smallest absolute Gasteiger partial charge is 0.119 e. The number of hydrogen-bond donors (Lipinski definition) is 1. The van der Waals surface area contributed by atoms with Crippen molar-refractivity contribution in [1.82, 2.24) is 0 Å². The fourth-order valence-electron chi connectivity index (χ4n) is 3.20. The van der Waals surface area contributed by atoms with E-state index >= 15 is 0 Å². The first-order chi connectivity index (χ1) is 7.21. The molecule has 3 nitrogen and oxygen atoms in total. The molecule has 2 fully saturated rings. The van der Waals surface area contributed by atoms with Gasteiger partial charge >= 0.3 is 0 Å². The van der Waals surface area contributed by atoms with Crippen molar-refractivity contribution >= 4 is 0 Å². The lowest BCUT2D eigenvalue weighted by Gasteiger charge is -2.48. The van der Waals surface area contributed by atoms with Gasteiger partial charge in [-0.15, -0.1) is 0 Å². The van der Waals surface area contributed by atoms with Gasteiger partial charge in [-0.05, 0) is 25.7 Å². The first kappa shape index (κ1) is 11.4. The van der Waals surface area contributed by atoms with E-state index in [0.29, 0.717) is 0 Å². The van der Waals surface area contributed by atoms with E-state index in [1.807, 2.05) is 0 Å². The van der Waals surface area contributed by atoms with Gasteiger partial charge in [0.05, 0.1) is 0 Å². The van der Waals surface area contributed by atoms with Crippen molar-refractivity contribution in [3.8, 4) is 0 Å². The Morgan fingerprint density at radius 2 is 1.07 bits per heavy atom. The molecular formula is C12H23NO2. The third-order valence-electron chi connectivity index (χ3n) is 4.20. The number of quaternary nitrogens is 1. The molecule has 0 atom stereocenters. The molecule has 0 aromatic carbocycles. The van der Waals surface area contributed by atoms with Gasteiger partial charge in [0.1, 0.15) is 12.1 Å². The van der Waals surface area contributed by atoms with Crippen LogP contribution in [0.15, 0.2) is 0 Å². The molecular weight excluding hydrogens is 190 g/mol. The van der Waals surface area contributed by atoms with Gasteiger partial charge in [0.25, 0.3) is 0 Å². The Hall–Kier alpha value is -0.120. The molecule has 0 saturated heterocycles. The van der Waals surface area contributed by atoms with Crippen LogP contribution in [-0.4, -0.2) is 22.1 Å². The minimum absolute atomic E-state index is 0.0261. The maximum absolute atomic E-state index is 12.3. The Morgan fingerprint density at radius 3 is 1.40 bits per heavy atom. The van der Waals surface area contributed by atoms with Gasteiger partial charge in [-0.1, -0.05) is 12.8 Å². The molecule has 2 saturated carbocycles. The summed E-state index contributed by atoms with van der Waals surface area (Å²) in [7, 11) is 0. The zero-order valence-electron chi connectivity index (χ0n) is 9.53. The van der Waals surface area contributed by atoms with Crippen LogP contribution in [0.1, 0.15) is 64.2 Å². The lowest BCUT2D eigenvalue weighted by atomic mass is 9.90. The van der Waals surface area contributed by atoms with Gasteiger partial charge in [0.2, 0.25) is 0 Å². The van der Waals surface area contributed by atoms with Crippen LogP contribution < -0.4 is 0 Å². The second-order valence-electron chi connectivity index (χ2n) is 5.26. The second-order valence-corrected chi connectivity index (χ2v) is 5.26. The second kappa shape index (κ2) is 4.81. The highest BCUT2D eigenvalue weighted by Gasteiger charge is 2.37. The third-order valence-corrected chi connectivity index (χ3v) is 4.20. The summed E-state index contributed by atoms with van der Waals surface area (Å²) in [6.45, 7) is 0. The van der Waals surface area contributed by atoms with Crippen molar-refractivity contribution in [2.24, 2.45) is 0 Å². The molecule has 0 heterocycles. The first-order valence-corrected chi connectivity index (χ1v) is 6.53. The van der Waals surface area contributed by atoms with E-state index in [4.69, 9.17) is 0 Å². The molecule has 0 unspecified atom stereocenters. The molecule has 0 aromatic heterocycles. The molecule has 1 N–H and O–H groups in total. The summed E-state index contributed by atoms with van der Waals surface area (Å²) in [4.78, 5) is -0.917. The predicted octanol–water partition coefficient (Wildman–Crippen LogP) is 3.36. The fraction of sp³-hybridized carbons (Fsp3) is 1.00. The van der Waals surface area contributed by atoms with Crippen molar-refractivity contribution in [3.63, 3.8) is 0 Å². The van der Waals surface area contributed by atoms with Crippen LogP contribution in [0.5, 0.6) is 0 Å². The predicted molar refractivity (Wildman–Crippen MR) is 59.2 cm³/mol. The summed E-state index contributed by atoms with van der Waals surface area (Å²) in [6, 6.07) is -0.0521. The Bertz CT molecular complexity index is 174. The monoisotopic (exact) mass is 213 g/mol. The van der Waals surface area contributed by atoms with Crippen molar-refractivity contribution in [3.05, 3.63) is 5.21 Å². The van der Waals surface area contributed by atoms with Crippen LogP contribution in [0.25, 0.3) is 0 Å². The molecule has 0 aliphatic heterocycles. The number of hydroxylamine groups is 4. The van der Waals surface area contributed by atoms with E-state index in [1.165, 1.54) is 12.8 Å². The molecule has 2 aliphatic carbocycles. The van der Waals surface area contributed by atoms with Crippen LogP contribution in [0.3, 0.4) is 0 Å². The standard InChI is InChI=1S/C12H23NO2/c14-13(15,11-7-3-1-4-8-11)12-9-5-2-6-10-12/h11-12,14H,1-10H2. The molecule has 0 radical (unpaired) electrons. The molecule has 0 bridgehead atoms. The Balaban J connectivity index is 1.96. The fourth-order valence-corrected chi connectivity index (χ4v) is 3.20. The van der Waals surface area contributed by atoms with Gasteiger partial charge in [0, 0.05) is 25.7 Å². The maximum Gasteiger partial charge on any atom is 0.119 e. The largest absolute Gasteiger partial charge is 0.598 e. The Morgan fingerprint density at radius 1 is 0.733 bits per heavy atom. The average Bonchev–Trinajstić information content (AvgIpc) is 2.31. The zero-order chi connectivity index (χ0) is 10.7. The quantitative estimate of drug-likeness (QED) is 0.564. The summed E-state index contributed by atoms with van der Waals surface area (Å²) < 4.78 is 0. The first-order valence-electron chi connectivity index (χ1n) is 6.53. The molecule has 15 heavy (non-hydrogen) atoms. The van der Waals surface area contributed by atoms with E-state index in [-0.39, 0.29) is 12.1 Å². The van der Waals surface area contributed by atoms with Crippen LogP contribution in [0, 0.1) is 5.21 Å². The van der Waals surface area contributed by atoms with E-state index < -0.39 is 4.81 Å². The van der Waals surface area contributed by atoms with Crippen LogP contribution in [-0.2, 0) is 0 Å².